The maximum atomic E-state index is 5.70. The number of anilines is 1. The van der Waals surface area contributed by atoms with Crippen LogP contribution in [-0.2, 0) is 6.54 Å². The van der Waals surface area contributed by atoms with Crippen molar-refractivity contribution in [3.8, 4) is 0 Å². The van der Waals surface area contributed by atoms with Crippen molar-refractivity contribution in [2.45, 2.75) is 46.7 Å². The lowest BCUT2D eigenvalue weighted by atomic mass is 9.86. The number of aromatic nitrogens is 2. The van der Waals surface area contributed by atoms with Gasteiger partial charge in [-0.15, -0.1) is 0 Å². The fraction of sp³-hybridized carbons (Fsp3) is 0.714. The molecule has 1 aromatic heterocycles. The number of hydrogen-bond acceptors (Lipinski definition) is 4. The molecule has 0 spiro atoms. The summed E-state index contributed by atoms with van der Waals surface area (Å²) in [6, 6.07) is 2.46. The SMILES string of the molecule is Cc1cc(CN)nc(N2CC(C)CC(C)C2C)n1. The average molecular weight is 248 g/mol. The number of piperidine rings is 1. The highest BCUT2D eigenvalue weighted by atomic mass is 15.3. The standard InChI is InChI=1S/C14H24N4/c1-9-5-10(2)12(4)18(8-9)14-16-11(3)6-13(7-15)17-14/h6,9-10,12H,5,7-8,15H2,1-4H3. The first-order valence-corrected chi connectivity index (χ1v) is 6.82. The molecule has 1 fully saturated rings. The highest BCUT2D eigenvalue weighted by Crippen LogP contribution is 2.29. The number of rotatable bonds is 2. The lowest BCUT2D eigenvalue weighted by Gasteiger charge is -2.41. The van der Waals surface area contributed by atoms with Crippen molar-refractivity contribution < 1.29 is 0 Å². The zero-order valence-corrected chi connectivity index (χ0v) is 11.8. The molecular weight excluding hydrogens is 224 g/mol. The van der Waals surface area contributed by atoms with E-state index in [2.05, 4.69) is 35.6 Å². The van der Waals surface area contributed by atoms with E-state index in [-0.39, 0.29) is 0 Å². The Balaban J connectivity index is 2.31. The van der Waals surface area contributed by atoms with Gasteiger partial charge in [0.25, 0.3) is 0 Å². The summed E-state index contributed by atoms with van der Waals surface area (Å²) in [4.78, 5) is 11.5. The normalized spacial score (nSPS) is 28.5. The number of hydrogen-bond donors (Lipinski definition) is 1. The third kappa shape index (κ3) is 2.64. The second-order valence-electron chi connectivity index (χ2n) is 5.72. The van der Waals surface area contributed by atoms with Crippen molar-refractivity contribution in [1.82, 2.24) is 9.97 Å². The molecule has 1 saturated heterocycles. The van der Waals surface area contributed by atoms with Gasteiger partial charge in [0, 0.05) is 24.8 Å². The van der Waals surface area contributed by atoms with Crippen LogP contribution in [0, 0.1) is 18.8 Å². The van der Waals surface area contributed by atoms with Gasteiger partial charge in [-0.05, 0) is 38.2 Å². The molecule has 18 heavy (non-hydrogen) atoms. The number of nitrogens with zero attached hydrogens (tertiary/aromatic N) is 3. The Morgan fingerprint density at radius 1 is 1.33 bits per heavy atom. The van der Waals surface area contributed by atoms with Gasteiger partial charge in [-0.2, -0.15) is 0 Å². The first kappa shape index (κ1) is 13.3. The van der Waals surface area contributed by atoms with E-state index in [0.717, 1.165) is 23.9 Å². The molecule has 0 radical (unpaired) electrons. The first-order valence-electron chi connectivity index (χ1n) is 6.82. The van der Waals surface area contributed by atoms with Crippen LogP contribution in [0.1, 0.15) is 38.6 Å². The van der Waals surface area contributed by atoms with E-state index >= 15 is 0 Å². The van der Waals surface area contributed by atoms with Crippen molar-refractivity contribution in [1.29, 1.82) is 0 Å². The van der Waals surface area contributed by atoms with Crippen molar-refractivity contribution >= 4 is 5.95 Å². The fourth-order valence-electron chi connectivity index (χ4n) is 2.83. The minimum atomic E-state index is 0.476. The molecule has 100 valence electrons. The molecule has 0 bridgehead atoms. The van der Waals surface area contributed by atoms with Crippen LogP contribution in [0.3, 0.4) is 0 Å². The summed E-state index contributed by atoms with van der Waals surface area (Å²) >= 11 is 0. The van der Waals surface area contributed by atoms with Crippen LogP contribution in [0.5, 0.6) is 0 Å². The summed E-state index contributed by atoms with van der Waals surface area (Å²) in [5, 5.41) is 0. The van der Waals surface area contributed by atoms with Gasteiger partial charge < -0.3 is 10.6 Å². The van der Waals surface area contributed by atoms with Gasteiger partial charge >= 0.3 is 0 Å². The third-order valence-electron chi connectivity index (χ3n) is 3.96. The molecular formula is C14H24N4. The minimum Gasteiger partial charge on any atom is -0.338 e. The molecule has 2 rings (SSSR count). The molecule has 0 aliphatic carbocycles. The summed E-state index contributed by atoms with van der Waals surface area (Å²) < 4.78 is 0. The maximum Gasteiger partial charge on any atom is 0.226 e. The van der Waals surface area contributed by atoms with Crippen molar-refractivity contribution in [2.24, 2.45) is 17.6 Å². The Labute approximate surface area is 110 Å². The molecule has 4 heteroatoms. The predicted octanol–water partition coefficient (Wildman–Crippen LogP) is 2.11. The largest absolute Gasteiger partial charge is 0.338 e. The first-order chi connectivity index (χ1) is 8.51. The zero-order valence-electron chi connectivity index (χ0n) is 11.8. The Morgan fingerprint density at radius 3 is 2.72 bits per heavy atom. The van der Waals surface area contributed by atoms with Crippen molar-refractivity contribution in [3.63, 3.8) is 0 Å². The lowest BCUT2D eigenvalue weighted by molar-refractivity contribution is 0.293. The highest BCUT2D eigenvalue weighted by Gasteiger charge is 2.30. The minimum absolute atomic E-state index is 0.476. The molecule has 4 nitrogen and oxygen atoms in total. The second kappa shape index (κ2) is 5.22. The molecule has 3 unspecified atom stereocenters. The van der Waals surface area contributed by atoms with Gasteiger partial charge in [0.1, 0.15) is 0 Å². The predicted molar refractivity (Wildman–Crippen MR) is 74.4 cm³/mol. The van der Waals surface area contributed by atoms with Crippen molar-refractivity contribution in [3.05, 3.63) is 17.5 Å². The van der Waals surface area contributed by atoms with Crippen LogP contribution < -0.4 is 10.6 Å². The number of nitrogens with two attached hydrogens (primary N) is 1. The quantitative estimate of drug-likeness (QED) is 0.871. The molecule has 0 saturated carbocycles. The van der Waals surface area contributed by atoms with Crippen LogP contribution in [-0.4, -0.2) is 22.6 Å². The van der Waals surface area contributed by atoms with E-state index in [9.17, 15) is 0 Å². The van der Waals surface area contributed by atoms with Crippen LogP contribution >= 0.6 is 0 Å². The summed E-state index contributed by atoms with van der Waals surface area (Å²) in [7, 11) is 0. The van der Waals surface area contributed by atoms with E-state index < -0.39 is 0 Å². The monoisotopic (exact) mass is 248 g/mol. The van der Waals surface area contributed by atoms with Crippen LogP contribution in [0.2, 0.25) is 0 Å². The zero-order chi connectivity index (χ0) is 13.3. The summed E-state index contributed by atoms with van der Waals surface area (Å²) in [5.74, 6) is 2.22. The number of aryl methyl sites for hydroxylation is 1. The fourth-order valence-corrected chi connectivity index (χ4v) is 2.83. The Bertz CT molecular complexity index is 418. The van der Waals surface area contributed by atoms with Crippen molar-refractivity contribution in [2.75, 3.05) is 11.4 Å². The molecule has 0 aromatic carbocycles. The van der Waals surface area contributed by atoms with E-state index in [1.54, 1.807) is 0 Å². The molecule has 2 N–H and O–H groups in total. The second-order valence-corrected chi connectivity index (χ2v) is 5.72. The van der Waals surface area contributed by atoms with Gasteiger partial charge in [-0.3, -0.25) is 0 Å². The lowest BCUT2D eigenvalue weighted by Crippen LogP contribution is -2.46. The van der Waals surface area contributed by atoms with E-state index in [0.29, 0.717) is 24.4 Å². The Kier molecular flexibility index (Phi) is 3.85. The summed E-state index contributed by atoms with van der Waals surface area (Å²) in [6.07, 6.45) is 1.28. The van der Waals surface area contributed by atoms with E-state index in [1.165, 1.54) is 6.42 Å². The molecule has 0 amide bonds. The highest BCUT2D eigenvalue weighted by molar-refractivity contribution is 5.35. The van der Waals surface area contributed by atoms with Crippen LogP contribution in [0.15, 0.2) is 6.07 Å². The van der Waals surface area contributed by atoms with Gasteiger partial charge in [0.15, 0.2) is 0 Å². The van der Waals surface area contributed by atoms with Crippen LogP contribution in [0.25, 0.3) is 0 Å². The molecule has 1 aliphatic heterocycles. The molecule has 2 heterocycles. The summed E-state index contributed by atoms with van der Waals surface area (Å²) in [5.41, 5.74) is 7.62. The van der Waals surface area contributed by atoms with Crippen LogP contribution in [0.4, 0.5) is 5.95 Å². The maximum absolute atomic E-state index is 5.70. The summed E-state index contributed by atoms with van der Waals surface area (Å²) in [6.45, 7) is 10.4. The topological polar surface area (TPSA) is 55.0 Å². The van der Waals surface area contributed by atoms with Gasteiger partial charge in [-0.1, -0.05) is 13.8 Å². The van der Waals surface area contributed by atoms with Gasteiger partial charge in [-0.25, -0.2) is 9.97 Å². The molecule has 3 atom stereocenters. The molecule has 1 aromatic rings. The Morgan fingerprint density at radius 2 is 2.06 bits per heavy atom. The third-order valence-corrected chi connectivity index (χ3v) is 3.96. The van der Waals surface area contributed by atoms with E-state index in [1.807, 2.05) is 13.0 Å². The smallest absolute Gasteiger partial charge is 0.226 e. The average Bonchev–Trinajstić information content (AvgIpc) is 2.32. The molecule has 1 aliphatic rings. The van der Waals surface area contributed by atoms with Gasteiger partial charge in [0.05, 0.1) is 5.69 Å². The van der Waals surface area contributed by atoms with E-state index in [4.69, 9.17) is 5.73 Å². The Hall–Kier alpha value is -1.16. The van der Waals surface area contributed by atoms with Gasteiger partial charge in [0.2, 0.25) is 5.95 Å².